The first-order chi connectivity index (χ1) is 8.08. The predicted octanol–water partition coefficient (Wildman–Crippen LogP) is 4.16. The lowest BCUT2D eigenvalue weighted by molar-refractivity contribution is -0.384. The molecule has 0 aliphatic carbocycles. The van der Waals surface area contributed by atoms with Crippen LogP contribution in [-0.4, -0.2) is 4.92 Å². The van der Waals surface area contributed by atoms with Crippen LogP contribution in [0.2, 0.25) is 0 Å². The molecule has 0 radical (unpaired) electrons. The highest BCUT2D eigenvalue weighted by Crippen LogP contribution is 2.32. The zero-order valence-electron chi connectivity index (χ0n) is 8.56. The predicted molar refractivity (Wildman–Crippen MR) is 66.2 cm³/mol. The summed E-state index contributed by atoms with van der Waals surface area (Å²) in [5.74, 6) is -0.367. The van der Waals surface area contributed by atoms with Crippen molar-refractivity contribution in [3.05, 3.63) is 62.9 Å². The molecule has 0 amide bonds. The van der Waals surface area contributed by atoms with Gasteiger partial charge in [0, 0.05) is 10.5 Å². The molecule has 0 aliphatic rings. The van der Waals surface area contributed by atoms with Crippen LogP contribution in [0.25, 0.3) is 11.1 Å². The van der Waals surface area contributed by atoms with Crippen LogP contribution < -0.4 is 0 Å². The first-order valence-corrected chi connectivity index (χ1v) is 5.57. The molecule has 0 saturated heterocycles. The molecule has 0 N–H and O–H groups in total. The SMILES string of the molecule is O=[N+]([O-])c1cc(Br)ccc1-c1ccc(F)cc1. The van der Waals surface area contributed by atoms with Gasteiger partial charge in [-0.3, -0.25) is 10.1 Å². The fraction of sp³-hybridized carbons (Fsp3) is 0. The minimum absolute atomic E-state index is 0.00835. The minimum Gasteiger partial charge on any atom is -0.258 e. The van der Waals surface area contributed by atoms with Crippen molar-refractivity contribution in [2.75, 3.05) is 0 Å². The van der Waals surface area contributed by atoms with E-state index in [1.165, 1.54) is 30.3 Å². The van der Waals surface area contributed by atoms with Crippen molar-refractivity contribution < 1.29 is 9.31 Å². The number of rotatable bonds is 2. The Morgan fingerprint density at radius 3 is 2.35 bits per heavy atom. The Bertz CT molecular complexity index is 569. The number of hydrogen-bond acceptors (Lipinski definition) is 2. The van der Waals surface area contributed by atoms with Crippen LogP contribution in [0.1, 0.15) is 0 Å². The maximum Gasteiger partial charge on any atom is 0.278 e. The second-order valence-corrected chi connectivity index (χ2v) is 4.34. The third-order valence-corrected chi connectivity index (χ3v) is 2.80. The van der Waals surface area contributed by atoms with Crippen LogP contribution in [0, 0.1) is 15.9 Å². The van der Waals surface area contributed by atoms with Crippen molar-refractivity contribution in [3.63, 3.8) is 0 Å². The third-order valence-electron chi connectivity index (χ3n) is 2.31. The molecule has 0 atom stereocenters. The van der Waals surface area contributed by atoms with Crippen molar-refractivity contribution in [3.8, 4) is 11.1 Å². The van der Waals surface area contributed by atoms with Crippen LogP contribution in [0.3, 0.4) is 0 Å². The zero-order valence-corrected chi connectivity index (χ0v) is 10.1. The molecule has 2 rings (SSSR count). The Morgan fingerprint density at radius 1 is 1.12 bits per heavy atom. The van der Waals surface area contributed by atoms with E-state index in [1.807, 2.05) is 0 Å². The summed E-state index contributed by atoms with van der Waals surface area (Å²) >= 11 is 3.18. The topological polar surface area (TPSA) is 43.1 Å². The van der Waals surface area contributed by atoms with Gasteiger partial charge in [0.2, 0.25) is 0 Å². The molecule has 5 heteroatoms. The van der Waals surface area contributed by atoms with E-state index in [1.54, 1.807) is 12.1 Å². The Balaban J connectivity index is 2.58. The molecule has 0 unspecified atom stereocenters. The molecule has 2 aromatic carbocycles. The summed E-state index contributed by atoms with van der Waals surface area (Å²) in [4.78, 5) is 10.5. The second kappa shape index (κ2) is 4.63. The Labute approximate surface area is 105 Å². The van der Waals surface area contributed by atoms with Gasteiger partial charge in [-0.2, -0.15) is 0 Å². The largest absolute Gasteiger partial charge is 0.278 e. The van der Waals surface area contributed by atoms with Gasteiger partial charge >= 0.3 is 0 Å². The quantitative estimate of drug-likeness (QED) is 0.617. The lowest BCUT2D eigenvalue weighted by Gasteiger charge is -2.03. The normalized spacial score (nSPS) is 10.2. The van der Waals surface area contributed by atoms with Crippen LogP contribution >= 0.6 is 15.9 Å². The monoisotopic (exact) mass is 295 g/mol. The molecule has 0 heterocycles. The Kier molecular flexibility index (Phi) is 3.19. The molecule has 0 fully saturated rings. The van der Waals surface area contributed by atoms with E-state index in [0.29, 0.717) is 15.6 Å². The summed E-state index contributed by atoms with van der Waals surface area (Å²) in [7, 11) is 0. The van der Waals surface area contributed by atoms with E-state index in [-0.39, 0.29) is 11.5 Å². The fourth-order valence-corrected chi connectivity index (χ4v) is 1.88. The van der Waals surface area contributed by atoms with E-state index >= 15 is 0 Å². The molecule has 0 bridgehead atoms. The number of nitro groups is 1. The number of benzene rings is 2. The number of halogens is 2. The summed E-state index contributed by atoms with van der Waals surface area (Å²) in [6.07, 6.45) is 0. The highest BCUT2D eigenvalue weighted by atomic mass is 79.9. The molecular weight excluding hydrogens is 289 g/mol. The maximum absolute atomic E-state index is 12.8. The first kappa shape index (κ1) is 11.7. The van der Waals surface area contributed by atoms with E-state index < -0.39 is 4.92 Å². The van der Waals surface area contributed by atoms with Gasteiger partial charge in [0.15, 0.2) is 0 Å². The second-order valence-electron chi connectivity index (χ2n) is 3.43. The van der Waals surface area contributed by atoms with Crippen LogP contribution in [0.5, 0.6) is 0 Å². The number of hydrogen-bond donors (Lipinski definition) is 0. The molecule has 0 aromatic heterocycles. The van der Waals surface area contributed by atoms with Gasteiger partial charge in [-0.15, -0.1) is 0 Å². The van der Waals surface area contributed by atoms with E-state index in [2.05, 4.69) is 15.9 Å². The number of nitro benzene ring substituents is 1. The standard InChI is InChI=1S/C12H7BrFNO2/c13-9-3-6-11(12(7-9)15(16)17)8-1-4-10(14)5-2-8/h1-7H. The molecule has 3 nitrogen and oxygen atoms in total. The van der Waals surface area contributed by atoms with Gasteiger partial charge in [-0.1, -0.05) is 28.1 Å². The Morgan fingerprint density at radius 2 is 1.76 bits per heavy atom. The maximum atomic E-state index is 12.8. The van der Waals surface area contributed by atoms with Crippen molar-refractivity contribution in [1.29, 1.82) is 0 Å². The molecule has 0 spiro atoms. The summed E-state index contributed by atoms with van der Waals surface area (Å²) in [6, 6.07) is 10.4. The molecule has 86 valence electrons. The van der Waals surface area contributed by atoms with Gasteiger partial charge in [0.05, 0.1) is 10.5 Å². The molecule has 0 aliphatic heterocycles. The average molecular weight is 296 g/mol. The lowest BCUT2D eigenvalue weighted by atomic mass is 10.0. The van der Waals surface area contributed by atoms with Gasteiger partial charge in [0.1, 0.15) is 5.82 Å². The molecular formula is C12H7BrFNO2. The Hall–Kier alpha value is -1.75. The summed E-state index contributed by atoms with van der Waals surface area (Å²) in [6.45, 7) is 0. The van der Waals surface area contributed by atoms with E-state index in [4.69, 9.17) is 0 Å². The molecule has 2 aromatic rings. The lowest BCUT2D eigenvalue weighted by Crippen LogP contribution is -1.92. The van der Waals surface area contributed by atoms with Crippen LogP contribution in [0.4, 0.5) is 10.1 Å². The summed E-state index contributed by atoms with van der Waals surface area (Å²) < 4.78 is 13.4. The average Bonchev–Trinajstić information content (AvgIpc) is 2.30. The first-order valence-electron chi connectivity index (χ1n) is 4.78. The fourth-order valence-electron chi connectivity index (χ4n) is 1.53. The minimum atomic E-state index is -0.455. The van der Waals surface area contributed by atoms with Crippen molar-refractivity contribution >= 4 is 21.6 Å². The van der Waals surface area contributed by atoms with Gasteiger partial charge in [-0.05, 0) is 29.8 Å². The summed E-state index contributed by atoms with van der Waals surface area (Å²) in [5, 5.41) is 10.9. The smallest absolute Gasteiger partial charge is 0.258 e. The van der Waals surface area contributed by atoms with Gasteiger partial charge in [0.25, 0.3) is 5.69 Å². The van der Waals surface area contributed by atoms with Gasteiger partial charge < -0.3 is 0 Å². The summed E-state index contributed by atoms with van der Waals surface area (Å²) in [5.41, 5.74) is 1.08. The molecule has 17 heavy (non-hydrogen) atoms. The van der Waals surface area contributed by atoms with E-state index in [0.717, 1.165) is 0 Å². The zero-order chi connectivity index (χ0) is 12.4. The third kappa shape index (κ3) is 2.50. The molecule has 0 saturated carbocycles. The van der Waals surface area contributed by atoms with Crippen LogP contribution in [-0.2, 0) is 0 Å². The van der Waals surface area contributed by atoms with Crippen molar-refractivity contribution in [2.24, 2.45) is 0 Å². The van der Waals surface area contributed by atoms with Crippen molar-refractivity contribution in [2.45, 2.75) is 0 Å². The van der Waals surface area contributed by atoms with Crippen molar-refractivity contribution in [1.82, 2.24) is 0 Å². The highest BCUT2D eigenvalue weighted by molar-refractivity contribution is 9.10. The highest BCUT2D eigenvalue weighted by Gasteiger charge is 2.15. The van der Waals surface area contributed by atoms with Gasteiger partial charge in [-0.25, -0.2) is 4.39 Å². The van der Waals surface area contributed by atoms with Crippen LogP contribution in [0.15, 0.2) is 46.9 Å². The van der Waals surface area contributed by atoms with E-state index in [9.17, 15) is 14.5 Å². The number of nitrogens with zero attached hydrogens (tertiary/aromatic N) is 1.